The van der Waals surface area contributed by atoms with Gasteiger partial charge in [-0.2, -0.15) is 4.99 Å². The van der Waals surface area contributed by atoms with Crippen LogP contribution in [0.4, 0.5) is 5.69 Å². The van der Waals surface area contributed by atoms with Crippen molar-refractivity contribution in [3.8, 4) is 0 Å². The molecular weight excluding hydrogens is 327 g/mol. The average Bonchev–Trinajstić information content (AvgIpc) is 2.35. The van der Waals surface area contributed by atoms with E-state index >= 15 is 0 Å². The predicted octanol–water partition coefficient (Wildman–Crippen LogP) is 4.72. The molecule has 1 aromatic rings. The summed E-state index contributed by atoms with van der Waals surface area (Å²) in [6.45, 7) is 6.14. The fourth-order valence-corrected chi connectivity index (χ4v) is 2.55. The van der Waals surface area contributed by atoms with E-state index in [1.165, 1.54) is 11.8 Å². The molecule has 7 heteroatoms. The van der Waals surface area contributed by atoms with Gasteiger partial charge in [-0.15, -0.1) is 0 Å². The summed E-state index contributed by atoms with van der Waals surface area (Å²) in [6.07, 6.45) is 1.77. The summed E-state index contributed by atoms with van der Waals surface area (Å²) < 4.78 is 0. The highest BCUT2D eigenvalue weighted by Gasteiger charge is 2.18. The van der Waals surface area contributed by atoms with Crippen molar-refractivity contribution in [2.75, 3.05) is 5.32 Å². The molecule has 0 aliphatic carbocycles. The van der Waals surface area contributed by atoms with E-state index in [4.69, 9.17) is 23.2 Å². The third-order valence-corrected chi connectivity index (χ3v) is 3.77. The molecule has 2 rings (SSSR count). The van der Waals surface area contributed by atoms with E-state index in [-0.39, 0.29) is 0 Å². The van der Waals surface area contributed by atoms with Crippen molar-refractivity contribution in [1.82, 2.24) is 5.32 Å². The molecule has 0 amide bonds. The average molecular weight is 343 g/mol. The second-order valence-electron chi connectivity index (χ2n) is 4.79. The van der Waals surface area contributed by atoms with Crippen LogP contribution in [0, 0.1) is 0 Å². The van der Waals surface area contributed by atoms with E-state index in [1.807, 2.05) is 6.92 Å². The van der Waals surface area contributed by atoms with Crippen molar-refractivity contribution in [3.05, 3.63) is 40.1 Å². The van der Waals surface area contributed by atoms with Gasteiger partial charge in [-0.1, -0.05) is 23.2 Å². The molecule has 0 bridgehead atoms. The monoisotopic (exact) mass is 342 g/mol. The maximum absolute atomic E-state index is 6.08. The molecule has 0 saturated carbocycles. The third kappa shape index (κ3) is 4.95. The highest BCUT2D eigenvalue weighted by molar-refractivity contribution is 8.29. The maximum Gasteiger partial charge on any atom is 0.197 e. The quantitative estimate of drug-likeness (QED) is 0.831. The van der Waals surface area contributed by atoms with Crippen LogP contribution in [0.15, 0.2) is 40.1 Å². The number of benzene rings is 1. The van der Waals surface area contributed by atoms with Gasteiger partial charge in [-0.25, -0.2) is 4.99 Å². The number of halogens is 2. The number of anilines is 1. The van der Waals surface area contributed by atoms with Crippen LogP contribution < -0.4 is 10.6 Å². The standard InChI is InChI=1S/C14H16Cl2N4S/c1-8(2)18-9(3)7-17-13-20-14(21-13)19-12-6-10(15)4-5-11(12)16/h4-8,18H,1-3H3,(H,17,19,20)/b9-7+. The molecule has 1 heterocycles. The second kappa shape index (κ2) is 7.20. The lowest BCUT2D eigenvalue weighted by Crippen LogP contribution is -2.21. The van der Waals surface area contributed by atoms with Gasteiger partial charge in [0.2, 0.25) is 0 Å². The number of nitrogens with one attached hydrogen (secondary N) is 2. The van der Waals surface area contributed by atoms with Crippen LogP contribution in [0.5, 0.6) is 0 Å². The Labute approximate surface area is 138 Å². The molecule has 4 nitrogen and oxygen atoms in total. The van der Waals surface area contributed by atoms with E-state index in [9.17, 15) is 0 Å². The molecule has 0 fully saturated rings. The molecular formula is C14H16Cl2N4S. The number of hydrogen-bond donors (Lipinski definition) is 2. The molecule has 2 N–H and O–H groups in total. The maximum atomic E-state index is 6.08. The summed E-state index contributed by atoms with van der Waals surface area (Å²) in [5.41, 5.74) is 1.75. The number of hydrogen-bond acceptors (Lipinski definition) is 4. The van der Waals surface area contributed by atoms with Crippen molar-refractivity contribution in [2.45, 2.75) is 26.8 Å². The van der Waals surface area contributed by atoms with Crippen molar-refractivity contribution < 1.29 is 0 Å². The zero-order chi connectivity index (χ0) is 15.4. The number of allylic oxidation sites excluding steroid dienone is 1. The molecule has 0 saturated heterocycles. The Morgan fingerprint density at radius 3 is 2.76 bits per heavy atom. The van der Waals surface area contributed by atoms with Gasteiger partial charge < -0.3 is 10.6 Å². The molecule has 1 aliphatic rings. The summed E-state index contributed by atoms with van der Waals surface area (Å²) in [7, 11) is 0. The van der Waals surface area contributed by atoms with Crippen molar-refractivity contribution >= 4 is 51.0 Å². The van der Waals surface area contributed by atoms with Gasteiger partial charge in [-0.3, -0.25) is 0 Å². The second-order valence-corrected chi connectivity index (χ2v) is 6.59. The number of thioether (sulfide) groups is 1. The van der Waals surface area contributed by atoms with E-state index in [0.717, 1.165) is 16.6 Å². The number of aliphatic imine (C=N–C) groups is 2. The summed E-state index contributed by atoms with van der Waals surface area (Å²) >= 11 is 13.5. The summed E-state index contributed by atoms with van der Waals surface area (Å²) in [5, 5.41) is 9.06. The lowest BCUT2D eigenvalue weighted by Gasteiger charge is -2.17. The van der Waals surface area contributed by atoms with Crippen LogP contribution in [0.2, 0.25) is 10.0 Å². The SMILES string of the molecule is C/C(=C\N=C1N=C(Nc2cc(Cl)ccc2Cl)S1)NC(C)C. The Bertz CT molecular complexity index is 623. The fraction of sp³-hybridized carbons (Fsp3) is 0.286. The van der Waals surface area contributed by atoms with Crippen molar-refractivity contribution in [3.63, 3.8) is 0 Å². The van der Waals surface area contributed by atoms with Crippen LogP contribution in [-0.4, -0.2) is 16.4 Å². The van der Waals surface area contributed by atoms with E-state index in [1.54, 1.807) is 24.4 Å². The summed E-state index contributed by atoms with van der Waals surface area (Å²) in [5.74, 6) is 0. The third-order valence-electron chi connectivity index (χ3n) is 2.44. The highest BCUT2D eigenvalue weighted by Crippen LogP contribution is 2.29. The van der Waals surface area contributed by atoms with Gasteiger partial charge in [0, 0.05) is 23.0 Å². The molecule has 0 unspecified atom stereocenters. The van der Waals surface area contributed by atoms with Crippen LogP contribution in [-0.2, 0) is 0 Å². The smallest absolute Gasteiger partial charge is 0.197 e. The highest BCUT2D eigenvalue weighted by atomic mass is 35.5. The van der Waals surface area contributed by atoms with Gasteiger partial charge >= 0.3 is 0 Å². The molecule has 1 aliphatic heterocycles. The molecule has 0 radical (unpaired) electrons. The minimum Gasteiger partial charge on any atom is -0.385 e. The topological polar surface area (TPSA) is 48.8 Å². The Hall–Kier alpha value is -1.17. The number of rotatable bonds is 4. The van der Waals surface area contributed by atoms with E-state index < -0.39 is 0 Å². The minimum atomic E-state index is 0.390. The molecule has 112 valence electrons. The fourth-order valence-electron chi connectivity index (χ4n) is 1.64. The predicted molar refractivity (Wildman–Crippen MR) is 94.6 cm³/mol. The molecule has 0 spiro atoms. The lowest BCUT2D eigenvalue weighted by molar-refractivity contribution is 0.668. The Balaban J connectivity index is 1.96. The Morgan fingerprint density at radius 1 is 1.38 bits per heavy atom. The number of nitrogens with zero attached hydrogens (tertiary/aromatic N) is 2. The normalized spacial score (nSPS) is 16.8. The first-order valence-electron chi connectivity index (χ1n) is 6.44. The van der Waals surface area contributed by atoms with Gasteiger partial charge in [-0.05, 0) is 50.7 Å². The van der Waals surface area contributed by atoms with Crippen LogP contribution in [0.25, 0.3) is 0 Å². The van der Waals surface area contributed by atoms with E-state index in [0.29, 0.717) is 21.3 Å². The molecule has 0 aromatic heterocycles. The largest absolute Gasteiger partial charge is 0.385 e. The van der Waals surface area contributed by atoms with Crippen LogP contribution >= 0.6 is 35.0 Å². The molecule has 21 heavy (non-hydrogen) atoms. The first kappa shape index (κ1) is 16.2. The van der Waals surface area contributed by atoms with Gasteiger partial charge in [0.25, 0.3) is 0 Å². The van der Waals surface area contributed by atoms with Gasteiger partial charge in [0.05, 0.1) is 10.7 Å². The van der Waals surface area contributed by atoms with Crippen molar-refractivity contribution in [1.29, 1.82) is 0 Å². The first-order chi connectivity index (χ1) is 9.94. The van der Waals surface area contributed by atoms with Gasteiger partial charge in [0.15, 0.2) is 10.3 Å². The first-order valence-corrected chi connectivity index (χ1v) is 8.01. The van der Waals surface area contributed by atoms with Crippen molar-refractivity contribution in [2.24, 2.45) is 9.98 Å². The Kier molecular flexibility index (Phi) is 5.56. The van der Waals surface area contributed by atoms with Crippen LogP contribution in [0.3, 0.4) is 0 Å². The lowest BCUT2D eigenvalue weighted by atomic mass is 10.3. The zero-order valence-corrected chi connectivity index (χ0v) is 14.3. The van der Waals surface area contributed by atoms with E-state index in [2.05, 4.69) is 34.5 Å². The molecule has 1 aromatic carbocycles. The Morgan fingerprint density at radius 2 is 2.10 bits per heavy atom. The minimum absolute atomic E-state index is 0.390. The summed E-state index contributed by atoms with van der Waals surface area (Å²) in [6, 6.07) is 5.64. The number of amidine groups is 2. The van der Waals surface area contributed by atoms with Gasteiger partial charge in [0.1, 0.15) is 0 Å². The zero-order valence-electron chi connectivity index (χ0n) is 11.9. The molecule has 0 atom stereocenters. The van der Waals surface area contributed by atoms with Crippen LogP contribution in [0.1, 0.15) is 20.8 Å². The summed E-state index contributed by atoms with van der Waals surface area (Å²) in [4.78, 5) is 8.57.